The molecule has 0 bridgehead atoms. The van der Waals surface area contributed by atoms with Gasteiger partial charge in [-0.05, 0) is 31.5 Å². The van der Waals surface area contributed by atoms with Gasteiger partial charge >= 0.3 is 0 Å². The Morgan fingerprint density at radius 1 is 1.19 bits per heavy atom. The Kier molecular flexibility index (Phi) is 5.51. The Labute approximate surface area is 159 Å². The molecule has 27 heavy (non-hydrogen) atoms. The standard InChI is InChI=1S/C18H17N5O3S/c1-12-10-15(8-9-16(12)23(25)26)17(24)21-22-13(2)19-20-18(22)27-11-14-6-4-3-5-7-14/h3-10H,11H2,1-2H3,(H,21,24). The van der Waals surface area contributed by atoms with Crippen LogP contribution in [0.3, 0.4) is 0 Å². The second-order valence-electron chi connectivity index (χ2n) is 5.84. The van der Waals surface area contributed by atoms with E-state index >= 15 is 0 Å². The maximum atomic E-state index is 12.6. The number of carbonyl (C=O) groups excluding carboxylic acids is 1. The second-order valence-corrected chi connectivity index (χ2v) is 6.78. The van der Waals surface area contributed by atoms with Crippen molar-refractivity contribution in [1.82, 2.24) is 14.9 Å². The van der Waals surface area contributed by atoms with Crippen LogP contribution in [0.25, 0.3) is 0 Å². The number of thioether (sulfide) groups is 1. The Morgan fingerprint density at radius 2 is 1.93 bits per heavy atom. The summed E-state index contributed by atoms with van der Waals surface area (Å²) < 4.78 is 1.52. The molecule has 1 aromatic heterocycles. The molecule has 2 aromatic carbocycles. The minimum Gasteiger partial charge on any atom is -0.267 e. The number of aryl methyl sites for hydroxylation is 2. The molecule has 0 spiro atoms. The van der Waals surface area contributed by atoms with Crippen molar-refractivity contribution in [3.05, 3.63) is 81.2 Å². The molecule has 0 radical (unpaired) electrons. The third-order valence-corrected chi connectivity index (χ3v) is 4.88. The van der Waals surface area contributed by atoms with Gasteiger partial charge in [0.05, 0.1) is 4.92 Å². The fraction of sp³-hybridized carbons (Fsp3) is 0.167. The highest BCUT2D eigenvalue weighted by Gasteiger charge is 2.17. The van der Waals surface area contributed by atoms with Gasteiger partial charge in [0.25, 0.3) is 11.6 Å². The molecule has 0 aliphatic rings. The molecule has 0 atom stereocenters. The first kappa shape index (κ1) is 18.6. The number of nitro benzene ring substituents is 1. The lowest BCUT2D eigenvalue weighted by Crippen LogP contribution is -2.24. The lowest BCUT2D eigenvalue weighted by molar-refractivity contribution is -0.385. The van der Waals surface area contributed by atoms with Gasteiger partial charge in [0.15, 0.2) is 0 Å². The largest absolute Gasteiger partial charge is 0.272 e. The first-order valence-electron chi connectivity index (χ1n) is 8.11. The number of nitrogens with zero attached hydrogens (tertiary/aromatic N) is 4. The van der Waals surface area contributed by atoms with Crippen molar-refractivity contribution in [3.63, 3.8) is 0 Å². The summed E-state index contributed by atoms with van der Waals surface area (Å²) in [4.78, 5) is 23.0. The normalized spacial score (nSPS) is 10.6. The summed E-state index contributed by atoms with van der Waals surface area (Å²) in [5, 5.41) is 19.6. The number of aromatic nitrogens is 3. The fourth-order valence-corrected chi connectivity index (χ4v) is 3.35. The number of nitro groups is 1. The molecule has 1 amide bonds. The molecule has 1 N–H and O–H groups in total. The summed E-state index contributed by atoms with van der Waals surface area (Å²) in [5.74, 6) is 0.834. The van der Waals surface area contributed by atoms with Gasteiger partial charge in [0, 0.05) is 22.9 Å². The zero-order valence-electron chi connectivity index (χ0n) is 14.7. The smallest absolute Gasteiger partial charge is 0.267 e. The average Bonchev–Trinajstić information content (AvgIpc) is 3.00. The Bertz CT molecular complexity index is 988. The zero-order chi connectivity index (χ0) is 19.4. The number of amides is 1. The van der Waals surface area contributed by atoms with E-state index in [9.17, 15) is 14.9 Å². The van der Waals surface area contributed by atoms with Gasteiger partial charge in [-0.15, -0.1) is 10.2 Å². The van der Waals surface area contributed by atoms with Crippen LogP contribution in [-0.4, -0.2) is 25.7 Å². The Hall–Kier alpha value is -3.20. The van der Waals surface area contributed by atoms with Crippen molar-refractivity contribution < 1.29 is 9.72 Å². The molecule has 0 aliphatic carbocycles. The van der Waals surface area contributed by atoms with Gasteiger partial charge in [0.1, 0.15) is 5.82 Å². The van der Waals surface area contributed by atoms with E-state index in [0.717, 1.165) is 5.56 Å². The van der Waals surface area contributed by atoms with Crippen molar-refractivity contribution in [2.24, 2.45) is 0 Å². The SMILES string of the molecule is Cc1cc(C(=O)Nn2c(C)nnc2SCc2ccccc2)ccc1[N+](=O)[O-]. The van der Waals surface area contributed by atoms with Crippen LogP contribution in [0.2, 0.25) is 0 Å². The topological polar surface area (TPSA) is 103 Å². The first-order valence-corrected chi connectivity index (χ1v) is 9.09. The highest BCUT2D eigenvalue weighted by Crippen LogP contribution is 2.22. The molecule has 3 rings (SSSR count). The third kappa shape index (κ3) is 4.32. The summed E-state index contributed by atoms with van der Waals surface area (Å²) in [6.07, 6.45) is 0. The predicted octanol–water partition coefficient (Wildman–Crippen LogP) is 3.48. The van der Waals surface area contributed by atoms with Crippen LogP contribution in [0.1, 0.15) is 27.3 Å². The van der Waals surface area contributed by atoms with Gasteiger partial charge < -0.3 is 0 Å². The van der Waals surface area contributed by atoms with Crippen LogP contribution in [0.15, 0.2) is 53.7 Å². The van der Waals surface area contributed by atoms with E-state index in [1.165, 1.54) is 34.6 Å². The van der Waals surface area contributed by atoms with Crippen LogP contribution >= 0.6 is 11.8 Å². The van der Waals surface area contributed by atoms with Gasteiger partial charge in [0.2, 0.25) is 5.16 Å². The average molecular weight is 383 g/mol. The number of hydrogen-bond acceptors (Lipinski definition) is 6. The molecule has 8 nitrogen and oxygen atoms in total. The number of benzene rings is 2. The predicted molar refractivity (Wildman–Crippen MR) is 102 cm³/mol. The minimum atomic E-state index is -0.473. The second kappa shape index (κ2) is 8.00. The summed E-state index contributed by atoms with van der Waals surface area (Å²) in [7, 11) is 0. The fourth-order valence-electron chi connectivity index (χ4n) is 2.45. The van der Waals surface area contributed by atoms with E-state index in [2.05, 4.69) is 15.6 Å². The van der Waals surface area contributed by atoms with Crippen molar-refractivity contribution >= 4 is 23.4 Å². The van der Waals surface area contributed by atoms with Crippen LogP contribution in [-0.2, 0) is 5.75 Å². The molecule has 0 saturated heterocycles. The molecule has 138 valence electrons. The molecule has 3 aromatic rings. The maximum absolute atomic E-state index is 12.6. The Balaban J connectivity index is 1.75. The third-order valence-electron chi connectivity index (χ3n) is 3.87. The number of rotatable bonds is 6. The van der Waals surface area contributed by atoms with Crippen LogP contribution < -0.4 is 5.43 Å². The molecular weight excluding hydrogens is 366 g/mol. The Morgan fingerprint density at radius 3 is 2.59 bits per heavy atom. The number of nitrogens with one attached hydrogen (secondary N) is 1. The summed E-state index contributed by atoms with van der Waals surface area (Å²) in [6, 6.07) is 14.1. The molecule has 1 heterocycles. The number of carbonyl (C=O) groups is 1. The molecule has 0 fully saturated rings. The molecule has 0 unspecified atom stereocenters. The zero-order valence-corrected chi connectivity index (χ0v) is 15.6. The van der Waals surface area contributed by atoms with Crippen LogP contribution in [0.4, 0.5) is 5.69 Å². The van der Waals surface area contributed by atoms with E-state index in [-0.39, 0.29) is 5.69 Å². The minimum absolute atomic E-state index is 0.0221. The molecular formula is C18H17N5O3S. The van der Waals surface area contributed by atoms with Crippen LogP contribution in [0, 0.1) is 24.0 Å². The van der Waals surface area contributed by atoms with Gasteiger partial charge in [-0.25, -0.2) is 4.68 Å². The van der Waals surface area contributed by atoms with Crippen molar-refractivity contribution in [1.29, 1.82) is 0 Å². The van der Waals surface area contributed by atoms with E-state index < -0.39 is 10.8 Å². The monoisotopic (exact) mass is 383 g/mol. The quantitative estimate of drug-likeness (QED) is 0.397. The van der Waals surface area contributed by atoms with Gasteiger partial charge in [-0.3, -0.25) is 20.3 Å². The lowest BCUT2D eigenvalue weighted by atomic mass is 10.1. The highest BCUT2D eigenvalue weighted by molar-refractivity contribution is 7.98. The molecule has 0 aliphatic heterocycles. The van der Waals surface area contributed by atoms with E-state index in [1.807, 2.05) is 30.3 Å². The maximum Gasteiger partial charge on any atom is 0.272 e. The number of hydrogen-bond donors (Lipinski definition) is 1. The highest BCUT2D eigenvalue weighted by atomic mass is 32.2. The van der Waals surface area contributed by atoms with Crippen molar-refractivity contribution in [2.75, 3.05) is 5.43 Å². The van der Waals surface area contributed by atoms with Gasteiger partial charge in [-0.2, -0.15) is 0 Å². The van der Waals surface area contributed by atoms with Crippen molar-refractivity contribution in [2.45, 2.75) is 24.8 Å². The van der Waals surface area contributed by atoms with E-state index in [1.54, 1.807) is 13.8 Å². The molecule has 0 saturated carbocycles. The summed E-state index contributed by atoms with van der Waals surface area (Å²) >= 11 is 1.45. The van der Waals surface area contributed by atoms with E-state index in [0.29, 0.717) is 27.9 Å². The molecule has 9 heteroatoms. The van der Waals surface area contributed by atoms with Crippen LogP contribution in [0.5, 0.6) is 0 Å². The summed E-state index contributed by atoms with van der Waals surface area (Å²) in [5.41, 5.74) is 4.61. The first-order chi connectivity index (χ1) is 13.0. The van der Waals surface area contributed by atoms with E-state index in [4.69, 9.17) is 0 Å². The van der Waals surface area contributed by atoms with Gasteiger partial charge in [-0.1, -0.05) is 42.1 Å². The lowest BCUT2D eigenvalue weighted by Gasteiger charge is -2.10. The van der Waals surface area contributed by atoms with Crippen molar-refractivity contribution in [3.8, 4) is 0 Å². The summed E-state index contributed by atoms with van der Waals surface area (Å²) in [6.45, 7) is 3.33.